The molecule has 0 aromatic heterocycles. The number of benzene rings is 1. The van der Waals surface area contributed by atoms with Gasteiger partial charge in [0.25, 0.3) is 0 Å². The number of carbonyl (C=O) groups is 2. The first kappa shape index (κ1) is 15.8. The molecule has 2 N–H and O–H groups in total. The van der Waals surface area contributed by atoms with Crippen molar-refractivity contribution >= 4 is 23.5 Å². The number of nitrogens with one attached hydrogen (secondary N) is 1. The van der Waals surface area contributed by atoms with Crippen LogP contribution in [0.1, 0.15) is 38.2 Å². The van der Waals surface area contributed by atoms with Gasteiger partial charge in [-0.3, -0.25) is 9.59 Å². The van der Waals surface area contributed by atoms with E-state index in [2.05, 4.69) is 5.32 Å². The molecule has 2 rings (SSSR count). The van der Waals surface area contributed by atoms with E-state index in [9.17, 15) is 9.59 Å². The molecule has 1 aromatic carbocycles. The molecule has 0 bridgehead atoms. The average Bonchev–Trinajstić information content (AvgIpc) is 3.25. The molecule has 1 atom stereocenters. The topological polar surface area (TPSA) is 66.4 Å². The number of aliphatic carboxylic acids is 1. The lowest BCUT2D eigenvalue weighted by Gasteiger charge is -2.18. The molecule has 1 saturated carbocycles. The highest BCUT2D eigenvalue weighted by Gasteiger charge is 2.51. The fraction of sp³-hybridized carbons (Fsp3) is 0.500. The predicted molar refractivity (Wildman–Crippen MR) is 81.4 cm³/mol. The molecular weight excluding hydrogens is 290 g/mol. The number of hydrogen-bond donors (Lipinski definition) is 2. The number of halogens is 1. The summed E-state index contributed by atoms with van der Waals surface area (Å²) < 4.78 is 0. The Hall–Kier alpha value is -1.55. The third-order valence-corrected chi connectivity index (χ3v) is 4.33. The summed E-state index contributed by atoms with van der Waals surface area (Å²) in [6.45, 7) is 2.13. The number of hydrogen-bond acceptors (Lipinski definition) is 2. The van der Waals surface area contributed by atoms with Crippen LogP contribution in [-0.2, 0) is 15.0 Å². The molecule has 0 saturated heterocycles. The molecule has 1 fully saturated rings. The lowest BCUT2D eigenvalue weighted by molar-refractivity contribution is -0.142. The zero-order chi connectivity index (χ0) is 15.5. The van der Waals surface area contributed by atoms with Gasteiger partial charge in [-0.2, -0.15) is 0 Å². The van der Waals surface area contributed by atoms with E-state index in [1.54, 1.807) is 12.1 Å². The van der Waals surface area contributed by atoms with Gasteiger partial charge in [-0.15, -0.1) is 0 Å². The quantitative estimate of drug-likeness (QED) is 0.813. The van der Waals surface area contributed by atoms with Crippen LogP contribution in [0.4, 0.5) is 0 Å². The molecule has 1 aromatic rings. The van der Waals surface area contributed by atoms with Gasteiger partial charge in [0, 0.05) is 11.6 Å². The molecule has 4 nitrogen and oxygen atoms in total. The van der Waals surface area contributed by atoms with E-state index in [4.69, 9.17) is 16.7 Å². The second-order valence-electron chi connectivity index (χ2n) is 5.62. The first-order chi connectivity index (χ1) is 9.99. The summed E-state index contributed by atoms with van der Waals surface area (Å²) >= 11 is 5.87. The van der Waals surface area contributed by atoms with Gasteiger partial charge >= 0.3 is 5.97 Å². The van der Waals surface area contributed by atoms with Gasteiger partial charge in [-0.25, -0.2) is 0 Å². The number of carbonyl (C=O) groups excluding carboxylic acids is 1. The normalized spacial score (nSPS) is 17.0. The predicted octanol–water partition coefficient (Wildman–Crippen LogP) is 2.99. The molecular formula is C16H20ClNO3. The second-order valence-corrected chi connectivity index (χ2v) is 6.06. The van der Waals surface area contributed by atoms with Crippen molar-refractivity contribution in [2.75, 3.05) is 6.54 Å². The molecule has 0 radical (unpaired) electrons. The lowest BCUT2D eigenvalue weighted by Crippen LogP contribution is -2.39. The van der Waals surface area contributed by atoms with Crippen LogP contribution < -0.4 is 5.32 Å². The van der Waals surface area contributed by atoms with Crippen molar-refractivity contribution in [3.05, 3.63) is 34.9 Å². The molecule has 1 aliphatic rings. The monoisotopic (exact) mass is 309 g/mol. The highest BCUT2D eigenvalue weighted by molar-refractivity contribution is 6.30. The third-order valence-electron chi connectivity index (χ3n) is 4.08. The second kappa shape index (κ2) is 6.48. The van der Waals surface area contributed by atoms with Crippen molar-refractivity contribution in [2.24, 2.45) is 5.92 Å². The maximum Gasteiger partial charge on any atom is 0.308 e. The van der Waals surface area contributed by atoms with E-state index in [1.165, 1.54) is 0 Å². The highest BCUT2D eigenvalue weighted by Crippen LogP contribution is 2.48. The van der Waals surface area contributed by atoms with Gasteiger partial charge in [-0.1, -0.05) is 37.1 Å². The maximum atomic E-state index is 12.4. The molecule has 114 valence electrons. The van der Waals surface area contributed by atoms with Gasteiger partial charge in [0.15, 0.2) is 0 Å². The van der Waals surface area contributed by atoms with Gasteiger partial charge in [-0.05, 0) is 37.0 Å². The van der Waals surface area contributed by atoms with E-state index in [1.807, 2.05) is 19.1 Å². The summed E-state index contributed by atoms with van der Waals surface area (Å²) in [6, 6.07) is 7.30. The summed E-state index contributed by atoms with van der Waals surface area (Å²) in [4.78, 5) is 23.5. The van der Waals surface area contributed by atoms with E-state index >= 15 is 0 Å². The van der Waals surface area contributed by atoms with Crippen LogP contribution in [0.2, 0.25) is 5.02 Å². The first-order valence-electron chi connectivity index (χ1n) is 7.27. The largest absolute Gasteiger partial charge is 0.481 e. The van der Waals surface area contributed by atoms with E-state index in [0.717, 1.165) is 24.8 Å². The highest BCUT2D eigenvalue weighted by atomic mass is 35.5. The minimum absolute atomic E-state index is 0.0767. The van der Waals surface area contributed by atoms with Crippen LogP contribution in [0.25, 0.3) is 0 Å². The summed E-state index contributed by atoms with van der Waals surface area (Å²) in [5.41, 5.74) is 0.464. The summed E-state index contributed by atoms with van der Waals surface area (Å²) in [5.74, 6) is -1.44. The van der Waals surface area contributed by atoms with Gasteiger partial charge in [0.05, 0.1) is 11.3 Å². The molecule has 0 spiro atoms. The van der Waals surface area contributed by atoms with Crippen LogP contribution in [0.3, 0.4) is 0 Å². The number of carboxylic acids is 1. The minimum atomic E-state index is -0.853. The molecule has 1 amide bonds. The van der Waals surface area contributed by atoms with Crippen molar-refractivity contribution in [3.8, 4) is 0 Å². The van der Waals surface area contributed by atoms with Crippen LogP contribution in [0.5, 0.6) is 0 Å². The summed E-state index contributed by atoms with van der Waals surface area (Å²) in [5, 5.41) is 12.6. The molecule has 1 aliphatic carbocycles. The fourth-order valence-corrected chi connectivity index (χ4v) is 2.71. The van der Waals surface area contributed by atoms with Crippen LogP contribution in [0, 0.1) is 5.92 Å². The third kappa shape index (κ3) is 3.56. The average molecular weight is 310 g/mol. The molecule has 0 heterocycles. The van der Waals surface area contributed by atoms with Gasteiger partial charge in [0.1, 0.15) is 0 Å². The van der Waals surface area contributed by atoms with E-state index < -0.39 is 17.3 Å². The van der Waals surface area contributed by atoms with Crippen molar-refractivity contribution in [2.45, 2.75) is 38.0 Å². The molecule has 21 heavy (non-hydrogen) atoms. The minimum Gasteiger partial charge on any atom is -0.481 e. The Bertz CT molecular complexity index is 523. The number of carboxylic acid groups (broad SMARTS) is 1. The molecule has 1 unspecified atom stereocenters. The van der Waals surface area contributed by atoms with Gasteiger partial charge < -0.3 is 10.4 Å². The van der Waals surface area contributed by atoms with Crippen molar-refractivity contribution in [1.29, 1.82) is 0 Å². The van der Waals surface area contributed by atoms with E-state index in [-0.39, 0.29) is 12.5 Å². The van der Waals surface area contributed by atoms with Crippen LogP contribution in [0.15, 0.2) is 24.3 Å². The SMILES string of the molecule is CCCC(CNC(=O)C1(c2ccc(Cl)cc2)CC1)C(=O)O. The van der Waals surface area contributed by atoms with Crippen LogP contribution >= 0.6 is 11.6 Å². The first-order valence-corrected chi connectivity index (χ1v) is 7.64. The summed E-state index contributed by atoms with van der Waals surface area (Å²) in [7, 11) is 0. The Morgan fingerprint density at radius 2 is 1.95 bits per heavy atom. The fourth-order valence-electron chi connectivity index (χ4n) is 2.59. The zero-order valence-electron chi connectivity index (χ0n) is 12.1. The molecule has 5 heteroatoms. The lowest BCUT2D eigenvalue weighted by atomic mass is 9.94. The Balaban J connectivity index is 1.99. The summed E-state index contributed by atoms with van der Waals surface area (Å²) in [6.07, 6.45) is 2.96. The molecule has 0 aliphatic heterocycles. The van der Waals surface area contributed by atoms with Crippen molar-refractivity contribution in [1.82, 2.24) is 5.32 Å². The van der Waals surface area contributed by atoms with Gasteiger partial charge in [0.2, 0.25) is 5.91 Å². The zero-order valence-corrected chi connectivity index (χ0v) is 12.8. The van der Waals surface area contributed by atoms with E-state index in [0.29, 0.717) is 11.4 Å². The Labute approximate surface area is 129 Å². The smallest absolute Gasteiger partial charge is 0.308 e. The number of amides is 1. The Morgan fingerprint density at radius 3 is 2.43 bits per heavy atom. The Morgan fingerprint density at radius 1 is 1.33 bits per heavy atom. The Kier molecular flexibility index (Phi) is 4.88. The number of rotatable bonds is 7. The maximum absolute atomic E-state index is 12.4. The van der Waals surface area contributed by atoms with Crippen molar-refractivity contribution in [3.63, 3.8) is 0 Å². The van der Waals surface area contributed by atoms with Crippen LogP contribution in [-0.4, -0.2) is 23.5 Å². The van der Waals surface area contributed by atoms with Crippen molar-refractivity contribution < 1.29 is 14.7 Å². The standard InChI is InChI=1S/C16H20ClNO3/c1-2-3-11(14(19)20)10-18-15(21)16(8-9-16)12-4-6-13(17)7-5-12/h4-7,11H,2-3,8-10H2,1H3,(H,18,21)(H,19,20).